The van der Waals surface area contributed by atoms with Gasteiger partial charge in [0, 0.05) is 0 Å². The van der Waals surface area contributed by atoms with Crippen LogP contribution in [-0.2, 0) is 0 Å². The second-order valence-corrected chi connectivity index (χ2v) is 1.51. The Morgan fingerprint density at radius 3 is 3.00 bits per heavy atom. The van der Waals surface area contributed by atoms with Gasteiger partial charge in [0.2, 0.25) is 0 Å². The molecule has 46 valence electrons. The Kier molecular flexibility index (Phi) is 1.44. The maximum atomic E-state index is 10.5. The summed E-state index contributed by atoms with van der Waals surface area (Å²) in [6, 6.07) is 4.51. The van der Waals surface area contributed by atoms with Crippen molar-refractivity contribution < 1.29 is 4.42 Å². The average molecular weight is 123 g/mol. The molecule has 1 rings (SSSR count). The van der Waals surface area contributed by atoms with Crippen LogP contribution in [-0.4, -0.2) is 0 Å². The maximum Gasteiger partial charge on any atom is 0.361 e. The van der Waals surface area contributed by atoms with Crippen molar-refractivity contribution in [2.24, 2.45) is 0 Å². The molecular weight excluding hydrogens is 118 g/mol. The van der Waals surface area contributed by atoms with Crippen LogP contribution in [0.2, 0.25) is 0 Å². The monoisotopic (exact) mass is 123 g/mol. The van der Waals surface area contributed by atoms with E-state index in [-0.39, 0.29) is 5.36 Å². The van der Waals surface area contributed by atoms with Crippen LogP contribution in [0.4, 0.5) is 0 Å². The second kappa shape index (κ2) is 2.26. The van der Waals surface area contributed by atoms with E-state index < -0.39 is 5.63 Å². The third kappa shape index (κ3) is 1.25. The highest BCUT2D eigenvalue weighted by atomic mass is 16.4. The minimum Gasteiger partial charge on any atom is -0.430 e. The highest BCUT2D eigenvalue weighted by Gasteiger charge is 1.80. The number of hydrogen-bond acceptors (Lipinski definition) is 3. The van der Waals surface area contributed by atoms with Gasteiger partial charge < -0.3 is 4.42 Å². The van der Waals surface area contributed by atoms with Gasteiger partial charge in [-0.05, 0) is 12.1 Å². The van der Waals surface area contributed by atoms with Gasteiger partial charge in [0.05, 0.1) is 6.26 Å². The molecule has 9 heavy (non-hydrogen) atoms. The Hall–Kier alpha value is -1.38. The van der Waals surface area contributed by atoms with Crippen molar-refractivity contribution in [2.75, 3.05) is 0 Å². The van der Waals surface area contributed by atoms with Crippen molar-refractivity contribution in [3.63, 3.8) is 0 Å². The Labute approximate surface area is 51.1 Å². The molecule has 3 heteroatoms. The molecule has 0 atom stereocenters. The van der Waals surface area contributed by atoms with Crippen LogP contribution in [0.15, 0.2) is 33.7 Å². The lowest BCUT2D eigenvalue weighted by Gasteiger charge is -1.63. The summed E-state index contributed by atoms with van der Waals surface area (Å²) in [5.41, 5.74) is -0.611. The minimum atomic E-state index is -0.611. The molecule has 0 spiro atoms. The first-order chi connectivity index (χ1) is 4.30. The lowest BCUT2D eigenvalue weighted by Crippen LogP contribution is -2.18. The third-order valence-electron chi connectivity index (χ3n) is 0.848. The van der Waals surface area contributed by atoms with Crippen LogP contribution in [0.1, 0.15) is 0 Å². The summed E-state index contributed by atoms with van der Waals surface area (Å²) in [6.07, 6.45) is 1.25. The molecule has 0 aliphatic rings. The van der Waals surface area contributed by atoms with E-state index in [0.29, 0.717) is 0 Å². The van der Waals surface area contributed by atoms with Gasteiger partial charge in [0.15, 0.2) is 0 Å². The molecule has 1 aromatic heterocycles. The summed E-state index contributed by atoms with van der Waals surface area (Å²) in [4.78, 5) is 10.5. The van der Waals surface area contributed by atoms with Crippen molar-refractivity contribution in [1.29, 1.82) is 5.41 Å². The van der Waals surface area contributed by atoms with Crippen molar-refractivity contribution in [3.8, 4) is 0 Å². The molecule has 0 saturated carbocycles. The minimum absolute atomic E-state index is 0.125. The molecule has 0 bridgehead atoms. The smallest absolute Gasteiger partial charge is 0.361 e. The molecule has 0 aliphatic carbocycles. The van der Waals surface area contributed by atoms with Gasteiger partial charge in [-0.25, -0.2) is 4.79 Å². The standard InChI is InChI=1S/C6H5NO2/c7-5-3-1-2-4-9-6(5)8/h1-4,7H. The Morgan fingerprint density at radius 2 is 2.22 bits per heavy atom. The lowest BCUT2D eigenvalue weighted by molar-refractivity contribution is 0.507. The molecule has 3 nitrogen and oxygen atoms in total. The van der Waals surface area contributed by atoms with Crippen LogP contribution < -0.4 is 11.0 Å². The van der Waals surface area contributed by atoms with Crippen LogP contribution in [0.3, 0.4) is 0 Å². The summed E-state index contributed by atoms with van der Waals surface area (Å²) < 4.78 is 4.41. The summed E-state index contributed by atoms with van der Waals surface area (Å²) >= 11 is 0. The zero-order chi connectivity index (χ0) is 6.69. The average Bonchev–Trinajstić information content (AvgIpc) is 1.99. The van der Waals surface area contributed by atoms with Gasteiger partial charge in [-0.2, -0.15) is 0 Å². The SMILES string of the molecule is N=c1ccccoc1=O. The zero-order valence-corrected chi connectivity index (χ0v) is 4.63. The maximum absolute atomic E-state index is 10.5. The normalized spacial score (nSPS) is 8.89. The fourth-order valence-corrected chi connectivity index (χ4v) is 0.430. The zero-order valence-electron chi connectivity index (χ0n) is 4.63. The largest absolute Gasteiger partial charge is 0.430 e. The van der Waals surface area contributed by atoms with Crippen molar-refractivity contribution in [1.82, 2.24) is 0 Å². The van der Waals surface area contributed by atoms with Crippen LogP contribution in [0, 0.1) is 5.41 Å². The first kappa shape index (κ1) is 5.75. The molecule has 0 saturated heterocycles. The van der Waals surface area contributed by atoms with E-state index >= 15 is 0 Å². The number of rotatable bonds is 0. The first-order valence-corrected chi connectivity index (χ1v) is 2.43. The number of hydrogen-bond donors (Lipinski definition) is 1. The quantitative estimate of drug-likeness (QED) is 0.532. The van der Waals surface area contributed by atoms with E-state index in [9.17, 15) is 4.79 Å². The van der Waals surface area contributed by atoms with E-state index in [1.807, 2.05) is 0 Å². The van der Waals surface area contributed by atoms with E-state index in [1.165, 1.54) is 12.3 Å². The molecule has 0 aromatic carbocycles. The molecule has 0 amide bonds. The first-order valence-electron chi connectivity index (χ1n) is 2.43. The topological polar surface area (TPSA) is 54.1 Å². The van der Waals surface area contributed by atoms with E-state index in [0.717, 1.165) is 0 Å². The summed E-state index contributed by atoms with van der Waals surface area (Å²) in [6.45, 7) is 0. The van der Waals surface area contributed by atoms with E-state index in [4.69, 9.17) is 5.41 Å². The van der Waals surface area contributed by atoms with Gasteiger partial charge in [-0.3, -0.25) is 5.41 Å². The highest BCUT2D eigenvalue weighted by molar-refractivity contribution is 4.87. The summed E-state index contributed by atoms with van der Waals surface area (Å²) in [7, 11) is 0. The molecule has 0 aliphatic heterocycles. The van der Waals surface area contributed by atoms with Gasteiger partial charge in [0.25, 0.3) is 0 Å². The van der Waals surface area contributed by atoms with Gasteiger partial charge in [-0.1, -0.05) is 6.07 Å². The predicted octanol–water partition coefficient (Wildman–Crippen LogP) is 0.119. The molecule has 1 heterocycles. The summed E-state index contributed by atoms with van der Waals surface area (Å²) in [5, 5.41) is 6.81. The van der Waals surface area contributed by atoms with Gasteiger partial charge in [-0.15, -0.1) is 0 Å². The van der Waals surface area contributed by atoms with Gasteiger partial charge in [0.1, 0.15) is 5.36 Å². The van der Waals surface area contributed by atoms with Crippen molar-refractivity contribution in [3.05, 3.63) is 40.2 Å². The number of nitrogens with one attached hydrogen (secondary N) is 1. The molecule has 0 fully saturated rings. The third-order valence-corrected chi connectivity index (χ3v) is 0.848. The highest BCUT2D eigenvalue weighted by Crippen LogP contribution is 1.68. The molecule has 0 radical (unpaired) electrons. The fourth-order valence-electron chi connectivity index (χ4n) is 0.430. The molecule has 0 unspecified atom stereocenters. The Bertz CT molecular complexity index is 272. The second-order valence-electron chi connectivity index (χ2n) is 1.51. The molecule has 1 aromatic rings. The predicted molar refractivity (Wildman–Crippen MR) is 30.8 cm³/mol. The van der Waals surface area contributed by atoms with Crippen molar-refractivity contribution in [2.45, 2.75) is 0 Å². The van der Waals surface area contributed by atoms with Gasteiger partial charge >= 0.3 is 5.63 Å². The van der Waals surface area contributed by atoms with E-state index in [2.05, 4.69) is 4.42 Å². The lowest BCUT2D eigenvalue weighted by atomic mass is 10.5. The summed E-state index contributed by atoms with van der Waals surface area (Å²) in [5.74, 6) is 0. The van der Waals surface area contributed by atoms with Crippen LogP contribution in [0.5, 0.6) is 0 Å². The van der Waals surface area contributed by atoms with Crippen LogP contribution >= 0.6 is 0 Å². The fraction of sp³-hybridized carbons (Fsp3) is 0. The van der Waals surface area contributed by atoms with E-state index in [1.54, 1.807) is 12.1 Å². The molecule has 1 N–H and O–H groups in total. The van der Waals surface area contributed by atoms with Crippen molar-refractivity contribution >= 4 is 0 Å². The Morgan fingerprint density at radius 1 is 1.44 bits per heavy atom. The Balaban J connectivity index is 3.62. The van der Waals surface area contributed by atoms with Crippen LogP contribution in [0.25, 0.3) is 0 Å². The molecular formula is C6H5NO2.